The number of amides is 1. The van der Waals surface area contributed by atoms with Crippen LogP contribution in [0.1, 0.15) is 23.4 Å². The van der Waals surface area contributed by atoms with Gasteiger partial charge in [-0.1, -0.05) is 0 Å². The van der Waals surface area contributed by atoms with Crippen LogP contribution in [0.2, 0.25) is 0 Å². The molecule has 0 aliphatic heterocycles. The van der Waals surface area contributed by atoms with Crippen molar-refractivity contribution in [3.63, 3.8) is 0 Å². The van der Waals surface area contributed by atoms with Crippen LogP contribution in [0, 0.1) is 13.8 Å². The fourth-order valence-electron chi connectivity index (χ4n) is 2.28. The van der Waals surface area contributed by atoms with Crippen molar-refractivity contribution < 1.29 is 27.5 Å². The maximum Gasteiger partial charge on any atom is 0.405 e. The summed E-state index contributed by atoms with van der Waals surface area (Å²) in [5.74, 6) is -1.33. The van der Waals surface area contributed by atoms with Crippen molar-refractivity contribution in [2.24, 2.45) is 0 Å². The molecule has 26 heavy (non-hydrogen) atoms. The minimum atomic E-state index is -4.52. The van der Waals surface area contributed by atoms with Crippen LogP contribution in [-0.4, -0.2) is 50.8 Å². The predicted octanol–water partition coefficient (Wildman–Crippen LogP) is 0.478. The Hall–Kier alpha value is -2.92. The highest BCUT2D eigenvalue weighted by Crippen LogP contribution is 2.16. The van der Waals surface area contributed by atoms with E-state index in [4.69, 9.17) is 5.73 Å². The summed E-state index contributed by atoms with van der Waals surface area (Å²) < 4.78 is 42.0. The Bertz CT molecular complexity index is 833. The molecule has 2 rings (SSSR count). The summed E-state index contributed by atoms with van der Waals surface area (Å²) >= 11 is 0. The number of nitrogens with zero attached hydrogens (tertiary/aromatic N) is 4. The molecule has 1 amide bonds. The van der Waals surface area contributed by atoms with Gasteiger partial charge in [0.25, 0.3) is 11.7 Å². The molecule has 0 saturated heterocycles. The second-order valence-corrected chi connectivity index (χ2v) is 5.50. The van der Waals surface area contributed by atoms with E-state index in [1.165, 1.54) is 4.52 Å². The molecule has 2 heterocycles. The molecule has 0 aromatic carbocycles. The molecule has 0 aliphatic carbocycles. The lowest BCUT2D eigenvalue weighted by atomic mass is 10.1. The van der Waals surface area contributed by atoms with E-state index >= 15 is 0 Å². The lowest BCUT2D eigenvalue weighted by Crippen LogP contribution is -2.36. The average Bonchev–Trinajstić information content (AvgIpc) is 2.90. The Balaban J connectivity index is 1.89. The fraction of sp³-hybridized carbons (Fsp3) is 0.500. The molecular formula is C14H17F3N6O3. The third kappa shape index (κ3) is 5.04. The van der Waals surface area contributed by atoms with Crippen molar-refractivity contribution in [2.75, 3.05) is 18.9 Å². The van der Waals surface area contributed by atoms with Crippen molar-refractivity contribution in [1.82, 2.24) is 24.9 Å². The maximum atomic E-state index is 12.0. The van der Waals surface area contributed by atoms with E-state index in [9.17, 15) is 22.8 Å². The standard InChI is InChI=1S/C14H17F3N6O3/c1-7-9(8(2)23-13(20-7)21-12(18)22-23)3-4-11(25)26-5-10(24)19-6-14(15,16)17/h3-6H2,1-2H3,(H2,18,22)(H,19,24). The number of nitrogens with one attached hydrogen (secondary N) is 1. The number of halogens is 3. The summed E-state index contributed by atoms with van der Waals surface area (Å²) in [7, 11) is 0. The van der Waals surface area contributed by atoms with Crippen molar-refractivity contribution in [2.45, 2.75) is 32.9 Å². The third-order valence-electron chi connectivity index (χ3n) is 3.49. The van der Waals surface area contributed by atoms with Gasteiger partial charge in [-0.15, -0.1) is 5.10 Å². The first-order chi connectivity index (χ1) is 12.1. The van der Waals surface area contributed by atoms with Gasteiger partial charge in [0.2, 0.25) is 5.95 Å². The molecule has 0 atom stereocenters. The first-order valence-electron chi connectivity index (χ1n) is 7.54. The summed E-state index contributed by atoms with van der Waals surface area (Å²) in [5.41, 5.74) is 7.61. The van der Waals surface area contributed by atoms with E-state index in [1.54, 1.807) is 19.2 Å². The number of hydrogen-bond acceptors (Lipinski definition) is 7. The number of hydrogen-bond donors (Lipinski definition) is 2. The molecule has 12 heteroatoms. The highest BCUT2D eigenvalue weighted by Gasteiger charge is 2.27. The summed E-state index contributed by atoms with van der Waals surface area (Å²) in [4.78, 5) is 31.1. The van der Waals surface area contributed by atoms with E-state index in [0.717, 1.165) is 5.56 Å². The number of carbonyl (C=O) groups excluding carboxylic acids is 2. The van der Waals surface area contributed by atoms with E-state index < -0.39 is 31.2 Å². The molecule has 0 saturated carbocycles. The second kappa shape index (κ2) is 7.54. The predicted molar refractivity (Wildman–Crippen MR) is 83.0 cm³/mol. The Morgan fingerprint density at radius 1 is 1.27 bits per heavy atom. The van der Waals surface area contributed by atoms with Gasteiger partial charge in [0.05, 0.1) is 0 Å². The van der Waals surface area contributed by atoms with Crippen LogP contribution in [-0.2, 0) is 20.7 Å². The van der Waals surface area contributed by atoms with Crippen LogP contribution in [0.15, 0.2) is 0 Å². The number of nitrogens with two attached hydrogens (primary N) is 1. The molecule has 9 nitrogen and oxygen atoms in total. The number of anilines is 1. The SMILES string of the molecule is Cc1nc2nc(N)nn2c(C)c1CCC(=O)OCC(=O)NCC(F)(F)F. The highest BCUT2D eigenvalue weighted by molar-refractivity contribution is 5.80. The average molecular weight is 374 g/mol. The quantitative estimate of drug-likeness (QED) is 0.705. The molecule has 2 aromatic heterocycles. The highest BCUT2D eigenvalue weighted by atomic mass is 19.4. The van der Waals surface area contributed by atoms with Gasteiger partial charge >= 0.3 is 12.1 Å². The van der Waals surface area contributed by atoms with E-state index in [0.29, 0.717) is 17.2 Å². The van der Waals surface area contributed by atoms with Gasteiger partial charge in [0.15, 0.2) is 6.61 Å². The van der Waals surface area contributed by atoms with E-state index in [1.807, 2.05) is 0 Å². The van der Waals surface area contributed by atoms with Crippen molar-refractivity contribution in [3.05, 3.63) is 17.0 Å². The first kappa shape index (κ1) is 19.4. The summed E-state index contributed by atoms with van der Waals surface area (Å²) in [6, 6.07) is 0. The zero-order valence-corrected chi connectivity index (χ0v) is 14.1. The monoisotopic (exact) mass is 374 g/mol. The minimum Gasteiger partial charge on any atom is -0.456 e. The van der Waals surface area contributed by atoms with E-state index in [-0.39, 0.29) is 18.8 Å². The number of aromatic nitrogens is 4. The third-order valence-corrected chi connectivity index (χ3v) is 3.49. The molecule has 0 radical (unpaired) electrons. The van der Waals surface area contributed by atoms with Crippen molar-refractivity contribution >= 4 is 23.6 Å². The molecule has 0 spiro atoms. The Morgan fingerprint density at radius 3 is 2.62 bits per heavy atom. The molecule has 0 fully saturated rings. The first-order valence-corrected chi connectivity index (χ1v) is 7.54. The van der Waals surface area contributed by atoms with Gasteiger partial charge in [0.1, 0.15) is 6.54 Å². The van der Waals surface area contributed by atoms with Crippen LogP contribution in [0.25, 0.3) is 5.78 Å². The lowest BCUT2D eigenvalue weighted by molar-refractivity contribution is -0.151. The molecule has 0 aliphatic rings. The summed E-state index contributed by atoms with van der Waals surface area (Å²) in [5, 5.41) is 5.61. The second-order valence-electron chi connectivity index (χ2n) is 5.50. The van der Waals surface area contributed by atoms with Crippen molar-refractivity contribution in [3.8, 4) is 0 Å². The molecule has 0 bridgehead atoms. The van der Waals surface area contributed by atoms with Crippen molar-refractivity contribution in [1.29, 1.82) is 0 Å². The molecule has 142 valence electrons. The van der Waals surface area contributed by atoms with Crippen LogP contribution in [0.4, 0.5) is 19.1 Å². The topological polar surface area (TPSA) is 124 Å². The Morgan fingerprint density at radius 2 is 1.96 bits per heavy atom. The lowest BCUT2D eigenvalue weighted by Gasteiger charge is -2.11. The number of rotatable bonds is 6. The van der Waals surface area contributed by atoms with Crippen LogP contribution >= 0.6 is 0 Å². The number of esters is 1. The molecule has 2 aromatic rings. The Labute approximate surface area is 145 Å². The van der Waals surface area contributed by atoms with Crippen LogP contribution in [0.5, 0.6) is 0 Å². The van der Waals surface area contributed by atoms with Gasteiger partial charge in [-0.25, -0.2) is 4.98 Å². The minimum absolute atomic E-state index is 0.0708. The smallest absolute Gasteiger partial charge is 0.405 e. The normalized spacial score (nSPS) is 11.6. The Kier molecular flexibility index (Phi) is 5.63. The fourth-order valence-corrected chi connectivity index (χ4v) is 2.28. The maximum absolute atomic E-state index is 12.0. The summed E-state index contributed by atoms with van der Waals surface area (Å²) in [6.45, 7) is 1.25. The number of alkyl halides is 3. The number of carbonyl (C=O) groups is 2. The van der Waals surface area contributed by atoms with Gasteiger partial charge in [-0.05, 0) is 25.8 Å². The molecular weight excluding hydrogens is 357 g/mol. The number of nitrogen functional groups attached to an aromatic ring is 1. The zero-order valence-electron chi connectivity index (χ0n) is 14.1. The molecule has 0 unspecified atom stereocenters. The number of fused-ring (bicyclic) bond motifs is 1. The summed E-state index contributed by atoms with van der Waals surface area (Å²) in [6.07, 6.45) is -4.35. The van der Waals surface area contributed by atoms with Gasteiger partial charge in [0, 0.05) is 17.8 Å². The van der Waals surface area contributed by atoms with Crippen LogP contribution in [0.3, 0.4) is 0 Å². The number of aryl methyl sites for hydroxylation is 2. The van der Waals surface area contributed by atoms with Gasteiger partial charge < -0.3 is 15.8 Å². The number of ether oxygens (including phenoxy) is 1. The van der Waals surface area contributed by atoms with Gasteiger partial charge in [-0.3, -0.25) is 9.59 Å². The van der Waals surface area contributed by atoms with E-state index in [2.05, 4.69) is 19.8 Å². The molecule has 3 N–H and O–H groups in total. The zero-order chi connectivity index (χ0) is 19.5. The van der Waals surface area contributed by atoms with Crippen LogP contribution < -0.4 is 11.1 Å². The largest absolute Gasteiger partial charge is 0.456 e. The van der Waals surface area contributed by atoms with Gasteiger partial charge in [-0.2, -0.15) is 22.7 Å².